The van der Waals surface area contributed by atoms with Crippen molar-refractivity contribution < 1.29 is 14.3 Å². The molecule has 0 saturated carbocycles. The summed E-state index contributed by atoms with van der Waals surface area (Å²) in [5.74, 6) is 0.113. The zero-order valence-corrected chi connectivity index (χ0v) is 15.2. The number of carbonyl (C=O) groups excluding carboxylic acids is 2. The quantitative estimate of drug-likeness (QED) is 0.546. The third-order valence-corrected chi connectivity index (χ3v) is 3.51. The van der Waals surface area contributed by atoms with Crippen LogP contribution in [0.2, 0.25) is 0 Å². The second-order valence-electron chi connectivity index (χ2n) is 6.94. The molecule has 0 aromatic carbocycles. The largest absolute Gasteiger partial charge is 0.444 e. The molecule has 1 amide bonds. The predicted molar refractivity (Wildman–Crippen MR) is 91.1 cm³/mol. The van der Waals surface area contributed by atoms with Crippen molar-refractivity contribution in [1.29, 1.82) is 0 Å². The summed E-state index contributed by atoms with van der Waals surface area (Å²) in [4.78, 5) is 23.9. The molecule has 0 aromatic heterocycles. The fraction of sp³-hybridized carbons (Fsp3) is 0.889. The first-order chi connectivity index (χ1) is 10.3. The molecule has 0 bridgehead atoms. The molecule has 1 N–H and O–H groups in total. The van der Waals surface area contributed by atoms with E-state index in [0.717, 1.165) is 12.8 Å². The Morgan fingerprint density at radius 1 is 0.955 bits per heavy atom. The average molecular weight is 313 g/mol. The molecule has 4 heteroatoms. The summed E-state index contributed by atoms with van der Waals surface area (Å²) in [6.45, 7) is 9.56. The van der Waals surface area contributed by atoms with Gasteiger partial charge in [-0.15, -0.1) is 0 Å². The molecule has 0 aliphatic rings. The van der Waals surface area contributed by atoms with Gasteiger partial charge >= 0.3 is 6.09 Å². The van der Waals surface area contributed by atoms with Crippen LogP contribution < -0.4 is 5.32 Å². The van der Waals surface area contributed by atoms with Crippen LogP contribution in [0, 0.1) is 0 Å². The SMILES string of the molecule is CCCCCCCCCC(=O)C(CC)NC(=O)OC(C)(C)C. The number of unbranched alkanes of at least 4 members (excludes halogenated alkanes) is 6. The van der Waals surface area contributed by atoms with Crippen molar-refractivity contribution >= 4 is 11.9 Å². The number of ketones is 1. The number of Topliss-reactive ketones (excluding diaryl/α,β-unsaturated/α-hetero) is 1. The Morgan fingerprint density at radius 3 is 2.00 bits per heavy atom. The first-order valence-corrected chi connectivity index (χ1v) is 8.82. The van der Waals surface area contributed by atoms with Crippen LogP contribution in [0.1, 0.15) is 92.4 Å². The monoisotopic (exact) mass is 313 g/mol. The minimum Gasteiger partial charge on any atom is -0.444 e. The van der Waals surface area contributed by atoms with E-state index in [1.807, 2.05) is 27.7 Å². The number of carbonyl (C=O) groups is 2. The fourth-order valence-electron chi connectivity index (χ4n) is 2.29. The van der Waals surface area contributed by atoms with E-state index in [0.29, 0.717) is 12.8 Å². The minimum absolute atomic E-state index is 0.113. The second kappa shape index (κ2) is 11.5. The molecule has 4 nitrogen and oxygen atoms in total. The number of amides is 1. The third kappa shape index (κ3) is 11.6. The van der Waals surface area contributed by atoms with Crippen molar-refractivity contribution in [3.05, 3.63) is 0 Å². The normalized spacial score (nSPS) is 12.8. The van der Waals surface area contributed by atoms with Crippen molar-refractivity contribution in [1.82, 2.24) is 5.32 Å². The molecular formula is C18H35NO3. The van der Waals surface area contributed by atoms with Gasteiger partial charge in [0.15, 0.2) is 5.78 Å². The van der Waals surface area contributed by atoms with Crippen LogP contribution in [0.15, 0.2) is 0 Å². The van der Waals surface area contributed by atoms with Crippen molar-refractivity contribution in [3.8, 4) is 0 Å². The van der Waals surface area contributed by atoms with Gasteiger partial charge in [0, 0.05) is 6.42 Å². The van der Waals surface area contributed by atoms with E-state index in [1.54, 1.807) is 0 Å². The Hall–Kier alpha value is -1.06. The van der Waals surface area contributed by atoms with E-state index in [4.69, 9.17) is 4.74 Å². The Bertz CT molecular complexity index is 321. The highest BCUT2D eigenvalue weighted by Gasteiger charge is 2.22. The van der Waals surface area contributed by atoms with Gasteiger partial charge in [-0.3, -0.25) is 4.79 Å². The first kappa shape index (κ1) is 20.9. The predicted octanol–water partition coefficient (Wildman–Crippen LogP) is 5.00. The maximum Gasteiger partial charge on any atom is 0.408 e. The highest BCUT2D eigenvalue weighted by molar-refractivity contribution is 5.87. The molecule has 1 unspecified atom stereocenters. The molecule has 22 heavy (non-hydrogen) atoms. The maximum absolute atomic E-state index is 12.1. The lowest BCUT2D eigenvalue weighted by Crippen LogP contribution is -2.43. The zero-order valence-electron chi connectivity index (χ0n) is 15.2. The van der Waals surface area contributed by atoms with E-state index in [2.05, 4.69) is 12.2 Å². The summed E-state index contributed by atoms with van der Waals surface area (Å²) in [5.41, 5.74) is -0.538. The zero-order chi connectivity index (χ0) is 17.0. The van der Waals surface area contributed by atoms with Crippen LogP contribution in [0.5, 0.6) is 0 Å². The fourth-order valence-corrected chi connectivity index (χ4v) is 2.29. The number of hydrogen-bond acceptors (Lipinski definition) is 3. The maximum atomic E-state index is 12.1. The van der Waals surface area contributed by atoms with Crippen LogP contribution >= 0.6 is 0 Å². The van der Waals surface area contributed by atoms with Gasteiger partial charge in [0.1, 0.15) is 5.60 Å². The van der Waals surface area contributed by atoms with E-state index < -0.39 is 17.7 Å². The molecular weight excluding hydrogens is 278 g/mol. The minimum atomic E-state index is -0.538. The molecule has 0 radical (unpaired) electrons. The third-order valence-electron chi connectivity index (χ3n) is 3.51. The molecule has 0 aliphatic heterocycles. The molecule has 0 aliphatic carbocycles. The van der Waals surface area contributed by atoms with Gasteiger partial charge in [-0.05, 0) is 33.6 Å². The number of alkyl carbamates (subject to hydrolysis) is 1. The smallest absolute Gasteiger partial charge is 0.408 e. The van der Waals surface area contributed by atoms with Crippen LogP contribution in [0.4, 0.5) is 4.79 Å². The van der Waals surface area contributed by atoms with Gasteiger partial charge < -0.3 is 10.1 Å². The molecule has 0 spiro atoms. The number of nitrogens with one attached hydrogen (secondary N) is 1. The first-order valence-electron chi connectivity index (χ1n) is 8.82. The molecule has 0 aromatic rings. The Labute approximate surface area is 136 Å². The molecule has 1 atom stereocenters. The second-order valence-corrected chi connectivity index (χ2v) is 6.94. The van der Waals surface area contributed by atoms with Gasteiger partial charge in [-0.2, -0.15) is 0 Å². The summed E-state index contributed by atoms with van der Waals surface area (Å²) >= 11 is 0. The highest BCUT2D eigenvalue weighted by atomic mass is 16.6. The average Bonchev–Trinajstić information content (AvgIpc) is 2.41. The van der Waals surface area contributed by atoms with Gasteiger partial charge in [0.25, 0.3) is 0 Å². The van der Waals surface area contributed by atoms with Crippen LogP contribution in [-0.4, -0.2) is 23.5 Å². The lowest BCUT2D eigenvalue weighted by Gasteiger charge is -2.22. The Morgan fingerprint density at radius 2 is 1.50 bits per heavy atom. The molecule has 0 saturated heterocycles. The lowest BCUT2D eigenvalue weighted by atomic mass is 10.0. The van der Waals surface area contributed by atoms with Crippen LogP contribution in [0.25, 0.3) is 0 Å². The topological polar surface area (TPSA) is 55.4 Å². The van der Waals surface area contributed by atoms with Crippen molar-refractivity contribution in [2.75, 3.05) is 0 Å². The van der Waals surface area contributed by atoms with Gasteiger partial charge in [0.05, 0.1) is 6.04 Å². The van der Waals surface area contributed by atoms with Crippen LogP contribution in [0.3, 0.4) is 0 Å². The molecule has 0 fully saturated rings. The molecule has 130 valence electrons. The standard InChI is InChI=1S/C18H35NO3/c1-6-8-9-10-11-12-13-14-16(20)15(7-2)19-17(21)22-18(3,4)5/h15H,6-14H2,1-5H3,(H,19,21). The molecule has 0 heterocycles. The van der Waals surface area contributed by atoms with Crippen LogP contribution in [-0.2, 0) is 9.53 Å². The summed E-state index contributed by atoms with van der Waals surface area (Å²) < 4.78 is 5.20. The van der Waals surface area contributed by atoms with Gasteiger partial charge in [-0.1, -0.05) is 52.4 Å². The lowest BCUT2D eigenvalue weighted by molar-refractivity contribution is -0.121. The Balaban J connectivity index is 3.93. The number of hydrogen-bond donors (Lipinski definition) is 1. The van der Waals surface area contributed by atoms with Gasteiger partial charge in [0.2, 0.25) is 0 Å². The van der Waals surface area contributed by atoms with E-state index in [1.165, 1.54) is 32.1 Å². The van der Waals surface area contributed by atoms with Gasteiger partial charge in [-0.25, -0.2) is 4.79 Å². The number of ether oxygens (including phenoxy) is 1. The van der Waals surface area contributed by atoms with E-state index >= 15 is 0 Å². The summed E-state index contributed by atoms with van der Waals surface area (Å²) in [6, 6.07) is -0.421. The highest BCUT2D eigenvalue weighted by Crippen LogP contribution is 2.11. The molecule has 0 rings (SSSR count). The summed E-state index contributed by atoms with van der Waals surface area (Å²) in [5, 5.41) is 2.68. The van der Waals surface area contributed by atoms with Crippen molar-refractivity contribution in [3.63, 3.8) is 0 Å². The van der Waals surface area contributed by atoms with E-state index in [9.17, 15) is 9.59 Å². The van der Waals surface area contributed by atoms with E-state index in [-0.39, 0.29) is 5.78 Å². The van der Waals surface area contributed by atoms with Crippen molar-refractivity contribution in [2.24, 2.45) is 0 Å². The van der Waals surface area contributed by atoms with Crippen molar-refractivity contribution in [2.45, 2.75) is 104 Å². The number of rotatable bonds is 11. The summed E-state index contributed by atoms with van der Waals surface area (Å²) in [6.07, 6.45) is 8.96. The Kier molecular flexibility index (Phi) is 10.9. The summed E-state index contributed by atoms with van der Waals surface area (Å²) in [7, 11) is 0.